The van der Waals surface area contributed by atoms with Crippen molar-refractivity contribution in [2.45, 2.75) is 87.6 Å². The predicted molar refractivity (Wildman–Crippen MR) is 507 cm³/mol. The number of nitrogens with one attached hydrogen (secondary N) is 6. The van der Waals surface area contributed by atoms with Crippen LogP contribution in [-0.2, 0) is 56.0 Å². The van der Waals surface area contributed by atoms with Crippen LogP contribution in [0.4, 0.5) is 16.3 Å². The van der Waals surface area contributed by atoms with Crippen molar-refractivity contribution >= 4 is 178 Å². The number of aliphatic imine (C=N–C) groups is 2. The van der Waals surface area contributed by atoms with E-state index in [1.807, 2.05) is 68.4 Å². The fourth-order valence-corrected chi connectivity index (χ4v) is 20.0. The lowest BCUT2D eigenvalue weighted by atomic mass is 9.99. The summed E-state index contributed by atoms with van der Waals surface area (Å²) >= 11 is 20.7. The average Bonchev–Trinajstić information content (AvgIpc) is 1.59. The first-order valence-corrected chi connectivity index (χ1v) is 47.3. The highest BCUT2D eigenvalue weighted by atomic mass is 35.5. The van der Waals surface area contributed by atoms with Gasteiger partial charge in [0.05, 0.1) is 87.8 Å². The van der Waals surface area contributed by atoms with E-state index in [1.165, 1.54) is 83.5 Å². The third-order valence-electron chi connectivity index (χ3n) is 21.2. The lowest BCUT2D eigenvalue weighted by molar-refractivity contribution is -0.390. The second-order valence-electron chi connectivity index (χ2n) is 30.0. The maximum atomic E-state index is 13.6. The lowest BCUT2D eigenvalue weighted by Crippen LogP contribution is -2.31. The first-order chi connectivity index (χ1) is 64.4. The second-order valence-corrected chi connectivity index (χ2v) is 37.3. The second kappa shape index (κ2) is 43.8. The molecule has 14 aromatic rings. The van der Waals surface area contributed by atoms with Gasteiger partial charge in [0.25, 0.3) is 29.3 Å². The van der Waals surface area contributed by atoms with Crippen LogP contribution in [0.2, 0.25) is 10.0 Å². The molecule has 0 saturated carbocycles. The van der Waals surface area contributed by atoms with Crippen molar-refractivity contribution < 1.29 is 57.6 Å². The van der Waals surface area contributed by atoms with Gasteiger partial charge in [-0.15, -0.1) is 77.5 Å². The van der Waals surface area contributed by atoms with E-state index in [0.717, 1.165) is 74.6 Å². The summed E-state index contributed by atoms with van der Waals surface area (Å²) in [6.07, 6.45) is 12.1. The first kappa shape index (κ1) is 94.3. The van der Waals surface area contributed by atoms with Gasteiger partial charge in [0.2, 0.25) is 18.1 Å². The number of rotatable bonds is 36. The van der Waals surface area contributed by atoms with Gasteiger partial charge in [-0.2, -0.15) is 0 Å². The Morgan fingerprint density at radius 2 is 0.962 bits per heavy atom. The van der Waals surface area contributed by atoms with Crippen LogP contribution in [0.5, 0.6) is 0 Å². The van der Waals surface area contributed by atoms with Gasteiger partial charge in [-0.3, -0.25) is 68.0 Å². The number of hydrogen-bond acceptors (Lipinski definition) is 31. The van der Waals surface area contributed by atoms with E-state index >= 15 is 0 Å². The van der Waals surface area contributed by atoms with Gasteiger partial charge in [-0.05, 0) is 139 Å². The summed E-state index contributed by atoms with van der Waals surface area (Å²) in [6.45, 7) is 10.2. The number of nitro groups is 2. The Hall–Kier alpha value is -13.3. The average molecular weight is 1950 g/mol. The van der Waals surface area contributed by atoms with Crippen molar-refractivity contribution in [1.29, 1.82) is 0 Å². The standard InChI is InChI=1S/C46H41ClN10O8S3.C43H41ClN12O6S3/c1-26-27(2)67-45-39(26)41(29-5-7-33(47)8-6-29)54-35(42-55-53-25-56(42)45)22-37(58)48-13-16-64-17-14-51-43(59)31-19-30-20-32(44(60)50-12-11-38-49-15-18-66-38)23-52-40(30)36(21-31)68-46(61)65-24-28-3-9-34(10-4-28)57(62)63;1-24-25(2)65-43-36(24)38(26-4-6-30(44)7-5-26)52-31(39-53-51-23-55(39)43)19-34(57)45-10-13-62-14-11-48-41(58)28-16-27-17-29(42(59)47-9-8-35-46-12-15-63-35)20-49-37(27)33(18-28)64-21-32-40(56(60)61)50-22-54(32)3/h3-10,15,18-21,23,25,35H,11-14,16-17,22,24H2,1-2H3,(H,48,58)(H,50,60)(H,51,59);4-7,12,15-18,20,22-23,31H,8-11,13-14,19,21H2,1-3H3,(H,45,57)(H,47,59)(H,48,58)/t35-;31-/m00/s1. The molecular formula is C89H82Cl2N22O14S6. The highest BCUT2D eigenvalue weighted by molar-refractivity contribution is 8.13. The van der Waals surface area contributed by atoms with Crippen molar-refractivity contribution in [1.82, 2.24) is 90.9 Å². The van der Waals surface area contributed by atoms with E-state index < -0.39 is 39.0 Å². The van der Waals surface area contributed by atoms with Crippen molar-refractivity contribution in [3.8, 4) is 10.0 Å². The van der Waals surface area contributed by atoms with Gasteiger partial charge in [0.15, 0.2) is 11.6 Å². The minimum atomic E-state index is -0.705. The number of benzene rings is 5. The van der Waals surface area contributed by atoms with Crippen molar-refractivity contribution in [2.24, 2.45) is 17.0 Å². The largest absolute Gasteiger partial charge is 0.452 e. The molecule has 0 unspecified atom stereocenters. The molecule has 0 spiro atoms. The first-order valence-electron chi connectivity index (χ1n) is 41.4. The zero-order valence-electron chi connectivity index (χ0n) is 71.6. The summed E-state index contributed by atoms with van der Waals surface area (Å²) in [6, 6.07) is 29.0. The number of nitro benzene ring substituents is 1. The quantitative estimate of drug-likeness (QED) is 0.00698. The number of aryl methyl sites for hydroxylation is 3. The molecule has 11 heterocycles. The molecule has 133 heavy (non-hydrogen) atoms. The summed E-state index contributed by atoms with van der Waals surface area (Å²) in [4.78, 5) is 150. The number of imidazole rings is 1. The van der Waals surface area contributed by atoms with Crippen LogP contribution in [0.3, 0.4) is 0 Å². The van der Waals surface area contributed by atoms with Crippen molar-refractivity contribution in [3.05, 3.63) is 292 Å². The number of aromatic nitrogens is 12. The summed E-state index contributed by atoms with van der Waals surface area (Å²) in [5, 5.41) is 65.9. The van der Waals surface area contributed by atoms with E-state index in [-0.39, 0.29) is 124 Å². The van der Waals surface area contributed by atoms with Crippen molar-refractivity contribution in [3.63, 3.8) is 0 Å². The third-order valence-corrected chi connectivity index (χ3v) is 27.6. The van der Waals surface area contributed by atoms with Crippen LogP contribution in [0.25, 0.3) is 31.8 Å². The Kier molecular flexibility index (Phi) is 31.1. The zero-order valence-corrected chi connectivity index (χ0v) is 78.0. The van der Waals surface area contributed by atoms with E-state index in [1.54, 1.807) is 89.7 Å². The predicted octanol–water partition coefficient (Wildman–Crippen LogP) is 14.1. The van der Waals surface area contributed by atoms with E-state index in [2.05, 4.69) is 105 Å². The number of thiophene rings is 2. The SMILES string of the molecule is Cc1sc2c(c1C)C(c1ccc(Cl)cc1)=N[C@@H](CC(=O)NCCOCCNC(=O)c1cc(SC(=O)OCc3ccc([N+](=O)[O-])cc3)c3ncc(C(=O)NCCc4nccs4)cc3c1)c1nncn1-2.Cc1sc2c(c1C)C(c1ccc(Cl)cc1)=N[C@@H](CC(=O)NCCOCCNC(=O)c1cc(SCc3c([N+](=O)[O-])ncn3C)c3ncc(C(=O)NCCc4nccs4)cc3c1)c1nncn1-2. The number of hydrogen-bond donors (Lipinski definition) is 6. The summed E-state index contributed by atoms with van der Waals surface area (Å²) in [5.74, 6) is -1.04. The van der Waals surface area contributed by atoms with E-state index in [0.29, 0.717) is 113 Å². The molecule has 16 rings (SSSR count). The monoisotopic (exact) mass is 1940 g/mol. The van der Waals surface area contributed by atoms with Crippen LogP contribution >= 0.6 is 92.1 Å². The number of fused-ring (bicyclic) bond motifs is 8. The molecule has 682 valence electrons. The molecule has 6 N–H and O–H groups in total. The summed E-state index contributed by atoms with van der Waals surface area (Å²) in [7, 11) is 1.67. The number of ether oxygens (including phenoxy) is 3. The number of carbonyl (C=O) groups is 7. The normalized spacial score (nSPS) is 13.0. The number of pyridine rings is 2. The summed E-state index contributed by atoms with van der Waals surface area (Å²) < 4.78 is 22.3. The van der Waals surface area contributed by atoms with Crippen LogP contribution in [-0.4, -0.2) is 187 Å². The Morgan fingerprint density at radius 1 is 0.519 bits per heavy atom. The third kappa shape index (κ3) is 23.2. The maximum absolute atomic E-state index is 13.6. The zero-order chi connectivity index (χ0) is 93.3. The Labute approximate surface area is 793 Å². The molecule has 2 aliphatic rings. The molecule has 0 aliphatic carbocycles. The fourth-order valence-electron chi connectivity index (χ4n) is 14.3. The molecule has 2 atom stereocenters. The van der Waals surface area contributed by atoms with Gasteiger partial charge >= 0.3 is 11.1 Å². The molecule has 36 nitrogen and oxygen atoms in total. The number of halogens is 2. The van der Waals surface area contributed by atoms with E-state index in [4.69, 9.17) is 47.4 Å². The lowest BCUT2D eigenvalue weighted by Gasteiger charge is -2.13. The number of amides is 6. The van der Waals surface area contributed by atoms with Gasteiger partial charge in [-0.1, -0.05) is 47.5 Å². The van der Waals surface area contributed by atoms with Crippen LogP contribution in [0, 0.1) is 47.9 Å². The highest BCUT2D eigenvalue weighted by Crippen LogP contribution is 2.42. The van der Waals surface area contributed by atoms with Gasteiger partial charge in [0, 0.05) is 186 Å². The Morgan fingerprint density at radius 3 is 1.42 bits per heavy atom. The van der Waals surface area contributed by atoms with Gasteiger partial charge in [0.1, 0.15) is 47.0 Å². The highest BCUT2D eigenvalue weighted by Gasteiger charge is 2.35. The fraction of sp³-hybridized carbons (Fsp3) is 0.258. The topological polar surface area (TPSA) is 461 Å². The molecular weight excluding hydrogens is 1860 g/mol. The Bertz CT molecular complexity index is 6760. The number of carbonyl (C=O) groups excluding carboxylic acids is 7. The molecule has 9 aromatic heterocycles. The number of nitrogens with zero attached hydrogens (tertiary/aromatic N) is 16. The molecule has 5 aromatic carbocycles. The van der Waals surface area contributed by atoms with E-state index in [9.17, 15) is 53.8 Å². The molecule has 0 radical (unpaired) electrons. The smallest absolute Gasteiger partial charge is 0.385 e. The number of thiazole rings is 2. The number of non-ortho nitro benzene ring substituents is 1. The molecule has 0 fully saturated rings. The van der Waals surface area contributed by atoms with Gasteiger partial charge in [-0.25, -0.2) is 14.8 Å². The van der Waals surface area contributed by atoms with Crippen LogP contribution in [0.1, 0.15) is 142 Å². The molecule has 0 saturated heterocycles. The van der Waals surface area contributed by atoms with Crippen LogP contribution < -0.4 is 31.9 Å². The molecule has 2 aliphatic heterocycles. The van der Waals surface area contributed by atoms with Gasteiger partial charge < -0.3 is 60.8 Å². The summed E-state index contributed by atoms with van der Waals surface area (Å²) in [5.41, 5.74) is 10.1. The minimum absolute atomic E-state index is 0.0113. The molecule has 6 amide bonds. The number of thioether (sulfide) groups is 2. The Balaban J connectivity index is 0.000000203. The van der Waals surface area contributed by atoms with Crippen molar-refractivity contribution in [2.75, 3.05) is 65.7 Å². The van der Waals surface area contributed by atoms with Crippen LogP contribution in [0.15, 0.2) is 183 Å². The molecule has 44 heteroatoms. The maximum Gasteiger partial charge on any atom is 0.385 e. The minimum Gasteiger partial charge on any atom is -0.452 e. The molecule has 0 bridgehead atoms.